The van der Waals surface area contributed by atoms with Crippen LogP contribution in [0.2, 0.25) is 0 Å². The molecule has 1 aromatic carbocycles. The lowest BCUT2D eigenvalue weighted by molar-refractivity contribution is -0.146. The second kappa shape index (κ2) is 6.43. The lowest BCUT2D eigenvalue weighted by atomic mass is 10.1. The largest absolute Gasteiger partial charge is 0.368 e. The van der Waals surface area contributed by atoms with Gasteiger partial charge in [-0.05, 0) is 31.4 Å². The molecule has 2 aliphatic rings. The van der Waals surface area contributed by atoms with Crippen molar-refractivity contribution in [1.82, 2.24) is 4.90 Å². The third-order valence-electron chi connectivity index (χ3n) is 4.24. The zero-order chi connectivity index (χ0) is 14.7. The first-order valence-corrected chi connectivity index (χ1v) is 7.65. The molecule has 3 rings (SSSR count). The zero-order valence-corrected chi connectivity index (χ0v) is 12.1. The Morgan fingerprint density at radius 2 is 1.90 bits per heavy atom. The number of rotatable bonds is 2. The average Bonchev–Trinajstić information content (AvgIpc) is 2.56. The number of carbonyl (C=O) groups excluding carboxylic acids is 1. The summed E-state index contributed by atoms with van der Waals surface area (Å²) in [5.74, 6) is -0.101. The van der Waals surface area contributed by atoms with Crippen LogP contribution in [0.5, 0.6) is 0 Å². The maximum atomic E-state index is 13.8. The number of piperazine rings is 1. The molecule has 2 saturated heterocycles. The van der Waals surface area contributed by atoms with Gasteiger partial charge in [0.2, 0.25) is 0 Å². The Balaban J connectivity index is 1.57. The Kier molecular flexibility index (Phi) is 4.39. The van der Waals surface area contributed by atoms with E-state index in [4.69, 9.17) is 4.74 Å². The van der Waals surface area contributed by atoms with Crippen LogP contribution in [0.15, 0.2) is 24.3 Å². The van der Waals surface area contributed by atoms with Crippen molar-refractivity contribution in [3.05, 3.63) is 30.1 Å². The van der Waals surface area contributed by atoms with Crippen LogP contribution in [0.1, 0.15) is 19.3 Å². The molecular formula is C16H21FN2O2. The van der Waals surface area contributed by atoms with Crippen LogP contribution >= 0.6 is 0 Å². The van der Waals surface area contributed by atoms with Crippen molar-refractivity contribution in [2.24, 2.45) is 0 Å². The molecule has 1 atom stereocenters. The molecule has 0 N–H and O–H groups in total. The van der Waals surface area contributed by atoms with Gasteiger partial charge in [-0.3, -0.25) is 4.79 Å². The minimum absolute atomic E-state index is 0.0999. The third-order valence-corrected chi connectivity index (χ3v) is 4.24. The van der Waals surface area contributed by atoms with Crippen molar-refractivity contribution in [3.63, 3.8) is 0 Å². The van der Waals surface area contributed by atoms with Gasteiger partial charge < -0.3 is 14.5 Å². The molecule has 0 aliphatic carbocycles. The van der Waals surface area contributed by atoms with E-state index in [-0.39, 0.29) is 17.8 Å². The predicted molar refractivity (Wildman–Crippen MR) is 78.8 cm³/mol. The number of hydrogen-bond donors (Lipinski definition) is 0. The second-order valence-electron chi connectivity index (χ2n) is 5.62. The van der Waals surface area contributed by atoms with Gasteiger partial charge in [0, 0.05) is 32.8 Å². The van der Waals surface area contributed by atoms with Crippen molar-refractivity contribution in [2.45, 2.75) is 25.4 Å². The molecule has 5 heteroatoms. The van der Waals surface area contributed by atoms with Gasteiger partial charge in [-0.1, -0.05) is 12.1 Å². The molecule has 2 aliphatic heterocycles. The quantitative estimate of drug-likeness (QED) is 0.836. The number of para-hydroxylation sites is 1. The number of ether oxygens (including phenoxy) is 1. The Hall–Kier alpha value is -1.62. The van der Waals surface area contributed by atoms with Gasteiger partial charge >= 0.3 is 0 Å². The van der Waals surface area contributed by atoms with E-state index in [0.717, 1.165) is 19.3 Å². The molecule has 1 amide bonds. The number of carbonyl (C=O) groups is 1. The van der Waals surface area contributed by atoms with Crippen LogP contribution in [-0.2, 0) is 9.53 Å². The highest BCUT2D eigenvalue weighted by Crippen LogP contribution is 2.21. The topological polar surface area (TPSA) is 32.8 Å². The van der Waals surface area contributed by atoms with Crippen LogP contribution in [0, 0.1) is 5.82 Å². The lowest BCUT2D eigenvalue weighted by Crippen LogP contribution is -2.52. The monoisotopic (exact) mass is 292 g/mol. The summed E-state index contributed by atoms with van der Waals surface area (Å²) in [7, 11) is 0. The van der Waals surface area contributed by atoms with E-state index in [2.05, 4.69) is 0 Å². The molecule has 1 aromatic rings. The molecule has 2 fully saturated rings. The first kappa shape index (κ1) is 14.3. The van der Waals surface area contributed by atoms with Crippen molar-refractivity contribution < 1.29 is 13.9 Å². The molecule has 21 heavy (non-hydrogen) atoms. The van der Waals surface area contributed by atoms with Crippen LogP contribution in [0.3, 0.4) is 0 Å². The smallest absolute Gasteiger partial charge is 0.251 e. The minimum Gasteiger partial charge on any atom is -0.368 e. The van der Waals surface area contributed by atoms with E-state index in [9.17, 15) is 9.18 Å². The highest BCUT2D eigenvalue weighted by molar-refractivity contribution is 5.81. The van der Waals surface area contributed by atoms with Crippen molar-refractivity contribution in [1.29, 1.82) is 0 Å². The van der Waals surface area contributed by atoms with Gasteiger partial charge in [-0.15, -0.1) is 0 Å². The van der Waals surface area contributed by atoms with Gasteiger partial charge in [-0.25, -0.2) is 4.39 Å². The van der Waals surface area contributed by atoms with E-state index < -0.39 is 0 Å². The molecule has 114 valence electrons. The van der Waals surface area contributed by atoms with E-state index in [1.165, 1.54) is 6.07 Å². The maximum Gasteiger partial charge on any atom is 0.251 e. The van der Waals surface area contributed by atoms with Crippen LogP contribution in [0.25, 0.3) is 0 Å². The molecule has 4 nitrogen and oxygen atoms in total. The number of nitrogens with zero attached hydrogens (tertiary/aromatic N) is 2. The molecule has 1 unspecified atom stereocenters. The number of benzene rings is 1. The van der Waals surface area contributed by atoms with E-state index in [0.29, 0.717) is 38.5 Å². The molecule has 0 radical (unpaired) electrons. The third kappa shape index (κ3) is 3.18. The van der Waals surface area contributed by atoms with E-state index >= 15 is 0 Å². The number of anilines is 1. The molecular weight excluding hydrogens is 271 g/mol. The standard InChI is InChI=1S/C16H21FN2O2/c17-13-5-1-2-6-14(13)18-8-10-19(11-9-18)16(20)15-7-3-4-12-21-15/h1-2,5-6,15H,3-4,7-12H2. The van der Waals surface area contributed by atoms with E-state index in [1.54, 1.807) is 12.1 Å². The summed E-state index contributed by atoms with van der Waals surface area (Å²) < 4.78 is 19.3. The fraction of sp³-hybridized carbons (Fsp3) is 0.562. The normalized spacial score (nSPS) is 23.2. The highest BCUT2D eigenvalue weighted by Gasteiger charge is 2.29. The number of hydrogen-bond acceptors (Lipinski definition) is 3. The Morgan fingerprint density at radius 3 is 2.57 bits per heavy atom. The highest BCUT2D eigenvalue weighted by atomic mass is 19.1. The summed E-state index contributed by atoms with van der Waals surface area (Å²) in [6.45, 7) is 3.28. The Morgan fingerprint density at radius 1 is 1.14 bits per heavy atom. The maximum absolute atomic E-state index is 13.8. The summed E-state index contributed by atoms with van der Waals surface area (Å²) in [4.78, 5) is 16.2. The summed E-state index contributed by atoms with van der Waals surface area (Å²) >= 11 is 0. The van der Waals surface area contributed by atoms with Crippen LogP contribution in [0.4, 0.5) is 10.1 Å². The molecule has 0 spiro atoms. The predicted octanol–water partition coefficient (Wildman–Crippen LogP) is 2.04. The van der Waals surface area contributed by atoms with E-state index in [1.807, 2.05) is 15.9 Å². The summed E-state index contributed by atoms with van der Waals surface area (Å²) in [6, 6.07) is 6.80. The average molecular weight is 292 g/mol. The van der Waals surface area contributed by atoms with Gasteiger partial charge in [0.05, 0.1) is 5.69 Å². The van der Waals surface area contributed by atoms with Crippen LogP contribution < -0.4 is 4.90 Å². The van der Waals surface area contributed by atoms with Gasteiger partial charge in [0.1, 0.15) is 11.9 Å². The first-order valence-electron chi connectivity index (χ1n) is 7.65. The SMILES string of the molecule is O=C(C1CCCCO1)N1CCN(c2ccccc2F)CC1. The number of halogens is 1. The van der Waals surface area contributed by atoms with Crippen molar-refractivity contribution in [2.75, 3.05) is 37.7 Å². The van der Waals surface area contributed by atoms with Gasteiger partial charge in [0.25, 0.3) is 5.91 Å². The zero-order valence-electron chi connectivity index (χ0n) is 12.1. The van der Waals surface area contributed by atoms with Crippen LogP contribution in [-0.4, -0.2) is 49.7 Å². The lowest BCUT2D eigenvalue weighted by Gasteiger charge is -2.38. The fourth-order valence-electron chi connectivity index (χ4n) is 3.02. The molecule has 0 aromatic heterocycles. The summed E-state index contributed by atoms with van der Waals surface area (Å²) in [6.07, 6.45) is 2.67. The van der Waals surface area contributed by atoms with Gasteiger partial charge in [-0.2, -0.15) is 0 Å². The molecule has 0 bridgehead atoms. The summed E-state index contributed by atoms with van der Waals surface area (Å²) in [5.41, 5.74) is 0.624. The Bertz CT molecular complexity index is 495. The molecule has 2 heterocycles. The Labute approximate surface area is 124 Å². The van der Waals surface area contributed by atoms with Gasteiger partial charge in [0.15, 0.2) is 0 Å². The van der Waals surface area contributed by atoms with Crippen molar-refractivity contribution >= 4 is 11.6 Å². The fourth-order valence-corrected chi connectivity index (χ4v) is 3.02. The van der Waals surface area contributed by atoms with Crippen molar-refractivity contribution in [3.8, 4) is 0 Å². The first-order chi connectivity index (χ1) is 10.3. The number of amides is 1. The summed E-state index contributed by atoms with van der Waals surface area (Å²) in [5, 5.41) is 0. The second-order valence-corrected chi connectivity index (χ2v) is 5.62. The molecule has 0 saturated carbocycles. The minimum atomic E-state index is -0.265.